The highest BCUT2D eigenvalue weighted by Gasteiger charge is 2.50. The highest BCUT2D eigenvalue weighted by molar-refractivity contribution is 5.75. The van der Waals surface area contributed by atoms with Crippen LogP contribution in [-0.4, -0.2) is 140 Å². The van der Waals surface area contributed by atoms with Gasteiger partial charge in [0, 0.05) is 6.42 Å². The Bertz CT molecular complexity index is 1090. The van der Waals surface area contributed by atoms with E-state index in [1.54, 1.807) is 13.0 Å². The number of nitrogens with one attached hydrogen (secondary N) is 1. The summed E-state index contributed by atoms with van der Waals surface area (Å²) >= 11 is 0. The Labute approximate surface area is 334 Å². The van der Waals surface area contributed by atoms with E-state index in [4.69, 9.17) is 18.9 Å². The van der Waals surface area contributed by atoms with Crippen LogP contribution in [0.25, 0.3) is 0 Å². The molecule has 9 N–H and O–H groups in total. The normalized spacial score (nSPS) is 29.8. The van der Waals surface area contributed by atoms with Gasteiger partial charge in [-0.25, -0.2) is 0 Å². The third-order valence-corrected chi connectivity index (χ3v) is 10.4. The van der Waals surface area contributed by atoms with Crippen LogP contribution < -0.4 is 5.32 Å². The van der Waals surface area contributed by atoms with E-state index in [2.05, 4.69) is 36.5 Å². The number of aliphatic hydroxyl groups excluding tert-OH is 8. The minimum absolute atomic E-state index is 0.150. The lowest BCUT2D eigenvalue weighted by Crippen LogP contribution is -2.65. The molecule has 12 unspecified atom stereocenters. The van der Waals surface area contributed by atoms with Crippen LogP contribution in [0, 0.1) is 0 Å². The maximum absolute atomic E-state index is 12.2. The summed E-state index contributed by atoms with van der Waals surface area (Å²) in [7, 11) is 0. The molecule has 2 rings (SSSR count). The molecule has 0 aromatic carbocycles. The van der Waals surface area contributed by atoms with Crippen molar-refractivity contribution in [2.75, 3.05) is 19.8 Å². The first-order valence-electron chi connectivity index (χ1n) is 21.2. The first-order valence-corrected chi connectivity index (χ1v) is 21.2. The van der Waals surface area contributed by atoms with Gasteiger partial charge in [-0.2, -0.15) is 0 Å². The Kier molecular flexibility index (Phi) is 27.2. The van der Waals surface area contributed by atoms with Gasteiger partial charge in [0.25, 0.3) is 0 Å². The van der Waals surface area contributed by atoms with Crippen molar-refractivity contribution in [3.8, 4) is 0 Å². The van der Waals surface area contributed by atoms with Crippen molar-refractivity contribution < 1.29 is 64.6 Å². The molecule has 0 spiro atoms. The van der Waals surface area contributed by atoms with Gasteiger partial charge in [-0.3, -0.25) is 4.79 Å². The van der Waals surface area contributed by atoms with Gasteiger partial charge in [-0.1, -0.05) is 121 Å². The molecule has 2 aliphatic heterocycles. The van der Waals surface area contributed by atoms with Gasteiger partial charge in [0.2, 0.25) is 5.91 Å². The zero-order chi connectivity index (χ0) is 41.1. The van der Waals surface area contributed by atoms with E-state index >= 15 is 0 Å². The number of ether oxygens (including phenoxy) is 4. The van der Waals surface area contributed by atoms with Crippen LogP contribution in [0.15, 0.2) is 36.5 Å². The molecule has 56 heavy (non-hydrogen) atoms. The van der Waals surface area contributed by atoms with Crippen LogP contribution in [0.2, 0.25) is 0 Å². The van der Waals surface area contributed by atoms with Gasteiger partial charge in [-0.05, 0) is 38.5 Å². The molecule has 0 aromatic heterocycles. The molecular formula is C42H75NO13. The largest absolute Gasteiger partial charge is 0.394 e. The van der Waals surface area contributed by atoms with Crippen LogP contribution in [0.5, 0.6) is 0 Å². The quantitative estimate of drug-likeness (QED) is 0.0376. The number of allylic oxidation sites excluding steroid dienone is 5. The maximum atomic E-state index is 12.2. The predicted molar refractivity (Wildman–Crippen MR) is 212 cm³/mol. The van der Waals surface area contributed by atoms with Crippen molar-refractivity contribution in [1.29, 1.82) is 0 Å². The van der Waals surface area contributed by atoms with Gasteiger partial charge < -0.3 is 65.1 Å². The Morgan fingerprint density at radius 1 is 0.625 bits per heavy atom. The number of hydrogen-bond donors (Lipinski definition) is 9. The van der Waals surface area contributed by atoms with E-state index < -0.39 is 86.8 Å². The third-order valence-electron chi connectivity index (χ3n) is 10.4. The highest BCUT2D eigenvalue weighted by Crippen LogP contribution is 2.29. The average Bonchev–Trinajstić information content (AvgIpc) is 3.20. The van der Waals surface area contributed by atoms with Crippen molar-refractivity contribution in [3.05, 3.63) is 36.5 Å². The minimum atomic E-state index is -1.79. The molecular weight excluding hydrogens is 726 g/mol. The van der Waals surface area contributed by atoms with Gasteiger partial charge in [0.05, 0.1) is 32.0 Å². The fourth-order valence-corrected chi connectivity index (χ4v) is 6.76. The number of unbranched alkanes of at least 4 members (excludes halogenated alkanes) is 14. The van der Waals surface area contributed by atoms with E-state index in [-0.39, 0.29) is 18.9 Å². The number of hydrogen-bond acceptors (Lipinski definition) is 13. The fourth-order valence-electron chi connectivity index (χ4n) is 6.76. The van der Waals surface area contributed by atoms with Crippen molar-refractivity contribution in [2.24, 2.45) is 0 Å². The van der Waals surface area contributed by atoms with E-state index in [9.17, 15) is 45.6 Å². The Morgan fingerprint density at radius 3 is 1.68 bits per heavy atom. The number of amides is 1. The molecule has 12 atom stereocenters. The van der Waals surface area contributed by atoms with E-state index in [0.29, 0.717) is 6.42 Å². The highest BCUT2D eigenvalue weighted by atomic mass is 16.7. The lowest BCUT2D eigenvalue weighted by molar-refractivity contribution is -0.359. The number of carbonyl (C=O) groups is 1. The Hall–Kier alpha value is -1.79. The van der Waals surface area contributed by atoms with Crippen LogP contribution in [0.3, 0.4) is 0 Å². The molecule has 0 aromatic rings. The van der Waals surface area contributed by atoms with E-state index in [1.165, 1.54) is 77.0 Å². The van der Waals surface area contributed by atoms with Gasteiger partial charge in [0.15, 0.2) is 12.6 Å². The first kappa shape index (κ1) is 50.4. The summed E-state index contributed by atoms with van der Waals surface area (Å²) in [6.07, 6.45) is 16.2. The number of carbonyl (C=O) groups excluding carboxylic acids is 1. The molecule has 2 saturated heterocycles. The van der Waals surface area contributed by atoms with Crippen LogP contribution in [0.4, 0.5) is 0 Å². The summed E-state index contributed by atoms with van der Waals surface area (Å²) < 4.78 is 22.2. The molecule has 2 heterocycles. The predicted octanol–water partition coefficient (Wildman–Crippen LogP) is 3.20. The molecule has 2 aliphatic rings. The van der Waals surface area contributed by atoms with Gasteiger partial charge >= 0.3 is 0 Å². The lowest BCUT2D eigenvalue weighted by atomic mass is 9.97. The molecule has 14 heteroatoms. The molecule has 2 fully saturated rings. The number of aliphatic hydroxyl groups is 8. The second kappa shape index (κ2) is 30.3. The molecule has 0 saturated carbocycles. The second-order valence-electron chi connectivity index (χ2n) is 15.1. The minimum Gasteiger partial charge on any atom is -0.394 e. The van der Waals surface area contributed by atoms with Crippen molar-refractivity contribution >= 4 is 5.91 Å². The number of rotatable bonds is 30. The topological polar surface area (TPSA) is 228 Å². The lowest BCUT2D eigenvalue weighted by Gasteiger charge is -2.46. The average molecular weight is 802 g/mol. The van der Waals surface area contributed by atoms with Crippen molar-refractivity contribution in [2.45, 2.75) is 203 Å². The van der Waals surface area contributed by atoms with Crippen LogP contribution >= 0.6 is 0 Å². The molecule has 326 valence electrons. The molecule has 14 nitrogen and oxygen atoms in total. The van der Waals surface area contributed by atoms with Crippen molar-refractivity contribution in [1.82, 2.24) is 5.32 Å². The van der Waals surface area contributed by atoms with Crippen LogP contribution in [0.1, 0.15) is 129 Å². The smallest absolute Gasteiger partial charge is 0.220 e. The zero-order valence-electron chi connectivity index (χ0n) is 33.9. The summed E-state index contributed by atoms with van der Waals surface area (Å²) in [6, 6.07) is -0.931. The summed E-state index contributed by atoms with van der Waals surface area (Å²) in [5, 5.41) is 85.1. The summed E-state index contributed by atoms with van der Waals surface area (Å²) in [5.74, 6) is -0.344. The first-order chi connectivity index (χ1) is 27.1. The summed E-state index contributed by atoms with van der Waals surface area (Å²) in [4.78, 5) is 12.2. The SMILES string of the molecule is CCCCCCCCCCCCCC/C=C/CC/C=C/CC/C=C/C(O)C(COC1OC(CO)C(OC2OC(CO)C(O)C(O)C2O)C(O)C1O)NC(=O)CC. The summed E-state index contributed by atoms with van der Waals surface area (Å²) in [5.41, 5.74) is 0. The third kappa shape index (κ3) is 18.9. The van der Waals surface area contributed by atoms with E-state index in [0.717, 1.165) is 25.7 Å². The summed E-state index contributed by atoms with van der Waals surface area (Å²) in [6.45, 7) is 2.16. The second-order valence-corrected chi connectivity index (χ2v) is 15.1. The monoisotopic (exact) mass is 802 g/mol. The standard InChI is InChI=1S/C42H75NO13/c1-3-5-6-7-8-9-10-11-12-13-14-15-16-17-18-19-20-21-22-23-24-25-26-31(46)30(43-34(47)4-2)29-53-41-39(52)37(50)40(33(28-45)55-41)56-42-38(51)36(49)35(48)32(27-44)54-42/h17-18,21-22,25-26,30-33,35-42,44-46,48-52H,3-16,19-20,23-24,27-29H2,1-2H3,(H,43,47)/b18-17+,22-21+,26-25+. The van der Waals surface area contributed by atoms with Gasteiger partial charge in [0.1, 0.15) is 48.8 Å². The van der Waals surface area contributed by atoms with Crippen molar-refractivity contribution in [3.63, 3.8) is 0 Å². The maximum Gasteiger partial charge on any atom is 0.220 e. The zero-order valence-corrected chi connectivity index (χ0v) is 33.9. The Balaban J connectivity index is 1.70. The molecule has 0 bridgehead atoms. The molecule has 0 radical (unpaired) electrons. The van der Waals surface area contributed by atoms with Crippen LogP contribution in [-0.2, 0) is 23.7 Å². The van der Waals surface area contributed by atoms with Gasteiger partial charge in [-0.15, -0.1) is 0 Å². The molecule has 0 aliphatic carbocycles. The van der Waals surface area contributed by atoms with E-state index in [1.807, 2.05) is 6.08 Å². The molecule has 1 amide bonds. The fraction of sp³-hybridized carbons (Fsp3) is 0.833. The Morgan fingerprint density at radius 2 is 1.12 bits per heavy atom.